The number of piperidine rings is 1. The van der Waals surface area contributed by atoms with E-state index in [1.807, 2.05) is 30.3 Å². The predicted molar refractivity (Wildman–Crippen MR) is 83.0 cm³/mol. The Balaban J connectivity index is 2.02. The summed E-state index contributed by atoms with van der Waals surface area (Å²) in [7, 11) is 2.06. The molecule has 118 valence electrons. The molecule has 0 N–H and O–H groups in total. The molecule has 1 unspecified atom stereocenters. The number of hydrogen-bond acceptors (Lipinski definition) is 2. The first kappa shape index (κ1) is 15.2. The van der Waals surface area contributed by atoms with Crippen molar-refractivity contribution in [3.8, 4) is 11.1 Å². The highest BCUT2D eigenvalue weighted by Crippen LogP contribution is 2.36. The molecule has 1 saturated heterocycles. The average molecular weight is 305 g/mol. The van der Waals surface area contributed by atoms with Gasteiger partial charge in [0.25, 0.3) is 5.92 Å². The molecule has 2 aromatic rings. The van der Waals surface area contributed by atoms with Gasteiger partial charge in [-0.25, -0.2) is 0 Å². The number of halogens is 2. The second-order valence-corrected chi connectivity index (χ2v) is 6.18. The van der Waals surface area contributed by atoms with Gasteiger partial charge in [-0.1, -0.05) is 30.3 Å². The Morgan fingerprint density at radius 1 is 1.23 bits per heavy atom. The van der Waals surface area contributed by atoms with E-state index in [-0.39, 0.29) is 11.7 Å². The third-order valence-electron chi connectivity index (χ3n) is 4.21. The number of benzene rings is 1. The molecule has 0 amide bonds. The molecule has 2 heterocycles. The second-order valence-electron chi connectivity index (χ2n) is 6.18. The molecule has 3 nitrogen and oxygen atoms in total. The van der Waals surface area contributed by atoms with Gasteiger partial charge in [0, 0.05) is 25.2 Å². The first-order chi connectivity index (χ1) is 10.4. The fourth-order valence-electron chi connectivity index (χ4n) is 3.09. The molecule has 5 heteroatoms. The molecule has 0 bridgehead atoms. The van der Waals surface area contributed by atoms with Crippen LogP contribution in [-0.4, -0.2) is 34.8 Å². The maximum atomic E-state index is 14.0. The highest BCUT2D eigenvalue weighted by Gasteiger charge is 2.33. The van der Waals surface area contributed by atoms with E-state index in [1.165, 1.54) is 0 Å². The lowest BCUT2D eigenvalue weighted by atomic mass is 10.0. The molecule has 1 fully saturated rings. The number of rotatable bonds is 3. The van der Waals surface area contributed by atoms with Crippen LogP contribution in [0.15, 0.2) is 36.5 Å². The highest BCUT2D eigenvalue weighted by molar-refractivity contribution is 5.66. The molecule has 1 atom stereocenters. The van der Waals surface area contributed by atoms with Gasteiger partial charge >= 0.3 is 0 Å². The molecule has 22 heavy (non-hydrogen) atoms. The lowest BCUT2D eigenvalue weighted by molar-refractivity contribution is 0.0122. The summed E-state index contributed by atoms with van der Waals surface area (Å²) < 4.78 is 29.7. The minimum Gasteiger partial charge on any atom is -0.304 e. The maximum Gasteiger partial charge on any atom is 0.289 e. The zero-order valence-electron chi connectivity index (χ0n) is 13.0. The summed E-state index contributed by atoms with van der Waals surface area (Å²) >= 11 is 0. The minimum atomic E-state index is -2.95. The van der Waals surface area contributed by atoms with Crippen molar-refractivity contribution < 1.29 is 8.78 Å². The molecule has 0 spiro atoms. The molecule has 0 aliphatic carbocycles. The Morgan fingerprint density at radius 3 is 2.59 bits per heavy atom. The number of likely N-dealkylation sites (tertiary alicyclic amines) is 1. The monoisotopic (exact) mass is 305 g/mol. The van der Waals surface area contributed by atoms with Crippen molar-refractivity contribution in [2.24, 2.45) is 0 Å². The number of alkyl halides is 2. The molecular weight excluding hydrogens is 284 g/mol. The summed E-state index contributed by atoms with van der Waals surface area (Å²) in [6, 6.07) is 9.47. The van der Waals surface area contributed by atoms with Gasteiger partial charge in [-0.3, -0.25) is 4.68 Å². The zero-order chi connectivity index (χ0) is 15.7. The first-order valence-corrected chi connectivity index (χ1v) is 7.66. The van der Waals surface area contributed by atoms with E-state index in [4.69, 9.17) is 0 Å². The van der Waals surface area contributed by atoms with E-state index >= 15 is 0 Å². The van der Waals surface area contributed by atoms with Crippen LogP contribution in [0.1, 0.15) is 31.5 Å². The predicted octanol–water partition coefficient (Wildman–Crippen LogP) is 3.93. The second kappa shape index (κ2) is 5.80. The van der Waals surface area contributed by atoms with Gasteiger partial charge in [-0.2, -0.15) is 13.9 Å². The molecule has 1 aliphatic rings. The lowest BCUT2D eigenvalue weighted by Gasteiger charge is -2.29. The van der Waals surface area contributed by atoms with Crippen LogP contribution in [-0.2, 0) is 5.92 Å². The van der Waals surface area contributed by atoms with E-state index in [0.29, 0.717) is 5.56 Å². The standard InChI is InChI=1S/C17H21F2N3/c1-17(18,19)16-15(13-7-4-3-5-8-13)12-22(20-16)14-9-6-10-21(2)11-14/h3-5,7-8,12,14H,6,9-11H2,1-2H3. The van der Waals surface area contributed by atoms with Crippen molar-refractivity contribution in [2.45, 2.75) is 31.7 Å². The van der Waals surface area contributed by atoms with Gasteiger partial charge in [0.1, 0.15) is 5.69 Å². The molecule has 0 saturated carbocycles. The normalized spacial score (nSPS) is 20.3. The van der Waals surface area contributed by atoms with Crippen LogP contribution < -0.4 is 0 Å². The van der Waals surface area contributed by atoms with Crippen LogP contribution in [0.4, 0.5) is 8.78 Å². The molecule has 0 radical (unpaired) electrons. The Bertz CT molecular complexity index is 631. The topological polar surface area (TPSA) is 21.1 Å². The first-order valence-electron chi connectivity index (χ1n) is 7.66. The van der Waals surface area contributed by atoms with Crippen LogP contribution in [0.2, 0.25) is 0 Å². The van der Waals surface area contributed by atoms with Crippen molar-refractivity contribution >= 4 is 0 Å². The fourth-order valence-corrected chi connectivity index (χ4v) is 3.09. The molecular formula is C17H21F2N3. The third-order valence-corrected chi connectivity index (χ3v) is 4.21. The number of aromatic nitrogens is 2. The highest BCUT2D eigenvalue weighted by atomic mass is 19.3. The van der Waals surface area contributed by atoms with Gasteiger partial charge in [0.05, 0.1) is 6.04 Å². The summed E-state index contributed by atoms with van der Waals surface area (Å²) in [6.45, 7) is 2.82. The summed E-state index contributed by atoms with van der Waals surface area (Å²) in [5, 5.41) is 4.26. The summed E-state index contributed by atoms with van der Waals surface area (Å²) in [5.41, 5.74) is 1.18. The van der Waals surface area contributed by atoms with E-state index in [2.05, 4.69) is 17.0 Å². The van der Waals surface area contributed by atoms with Gasteiger partial charge in [0.2, 0.25) is 0 Å². The Morgan fingerprint density at radius 2 is 1.95 bits per heavy atom. The molecule has 1 aliphatic heterocycles. The largest absolute Gasteiger partial charge is 0.304 e. The van der Waals surface area contributed by atoms with Crippen LogP contribution in [0.3, 0.4) is 0 Å². The number of nitrogens with zero attached hydrogens (tertiary/aromatic N) is 3. The van der Waals surface area contributed by atoms with E-state index in [9.17, 15) is 8.78 Å². The number of hydrogen-bond donors (Lipinski definition) is 0. The Kier molecular flexibility index (Phi) is 4.00. The summed E-state index contributed by atoms with van der Waals surface area (Å²) in [6.07, 6.45) is 3.83. The number of likely N-dealkylation sites (N-methyl/N-ethyl adjacent to an activating group) is 1. The van der Waals surface area contributed by atoms with E-state index in [0.717, 1.165) is 38.4 Å². The van der Waals surface area contributed by atoms with Crippen LogP contribution in [0.25, 0.3) is 11.1 Å². The van der Waals surface area contributed by atoms with Crippen molar-refractivity contribution in [1.82, 2.24) is 14.7 Å². The molecule has 1 aromatic carbocycles. The Labute approximate surface area is 129 Å². The van der Waals surface area contributed by atoms with Crippen molar-refractivity contribution in [3.05, 3.63) is 42.2 Å². The van der Waals surface area contributed by atoms with Crippen LogP contribution >= 0.6 is 0 Å². The third kappa shape index (κ3) is 3.04. The lowest BCUT2D eigenvalue weighted by Crippen LogP contribution is -2.33. The summed E-state index contributed by atoms with van der Waals surface area (Å²) in [4.78, 5) is 2.22. The van der Waals surface area contributed by atoms with E-state index < -0.39 is 5.92 Å². The quantitative estimate of drug-likeness (QED) is 0.857. The zero-order valence-corrected chi connectivity index (χ0v) is 13.0. The smallest absolute Gasteiger partial charge is 0.289 e. The maximum absolute atomic E-state index is 14.0. The summed E-state index contributed by atoms with van der Waals surface area (Å²) in [5.74, 6) is -2.95. The van der Waals surface area contributed by atoms with Gasteiger partial charge in [0.15, 0.2) is 0 Å². The molecule has 1 aromatic heterocycles. The van der Waals surface area contributed by atoms with Crippen molar-refractivity contribution in [3.63, 3.8) is 0 Å². The average Bonchev–Trinajstić information content (AvgIpc) is 2.93. The Hall–Kier alpha value is -1.75. The van der Waals surface area contributed by atoms with Crippen LogP contribution in [0.5, 0.6) is 0 Å². The SMILES string of the molecule is CN1CCCC(n2cc(-c3ccccc3)c(C(C)(F)F)n2)C1. The van der Waals surface area contributed by atoms with Crippen molar-refractivity contribution in [2.75, 3.05) is 20.1 Å². The fraction of sp³-hybridized carbons (Fsp3) is 0.471. The van der Waals surface area contributed by atoms with Crippen molar-refractivity contribution in [1.29, 1.82) is 0 Å². The van der Waals surface area contributed by atoms with Gasteiger partial charge < -0.3 is 4.90 Å². The van der Waals surface area contributed by atoms with E-state index in [1.54, 1.807) is 10.9 Å². The molecule has 3 rings (SSSR count). The van der Waals surface area contributed by atoms with Crippen LogP contribution in [0, 0.1) is 0 Å². The van der Waals surface area contributed by atoms with Gasteiger partial charge in [-0.15, -0.1) is 0 Å². The van der Waals surface area contributed by atoms with Gasteiger partial charge in [-0.05, 0) is 32.0 Å². The minimum absolute atomic E-state index is 0.132.